The van der Waals surface area contributed by atoms with Gasteiger partial charge in [-0.05, 0) is 50.0 Å². The molecular weight excluding hydrogens is 300 g/mol. The van der Waals surface area contributed by atoms with Gasteiger partial charge >= 0.3 is 5.97 Å². The summed E-state index contributed by atoms with van der Waals surface area (Å²) in [5, 5.41) is 0. The number of carbonyl (C=O) groups is 1. The lowest BCUT2D eigenvalue weighted by molar-refractivity contribution is -0.173. The van der Waals surface area contributed by atoms with E-state index in [1.54, 1.807) is 0 Å². The van der Waals surface area contributed by atoms with E-state index < -0.39 is 6.10 Å². The lowest BCUT2D eigenvalue weighted by Gasteiger charge is -2.38. The van der Waals surface area contributed by atoms with Gasteiger partial charge in [0.25, 0.3) is 0 Å². The number of fused-ring (bicyclic) bond motifs is 2. The summed E-state index contributed by atoms with van der Waals surface area (Å²) in [6.45, 7) is 10.9. The molecule has 2 bridgehead atoms. The first-order chi connectivity index (χ1) is 11.3. The van der Waals surface area contributed by atoms with Crippen molar-refractivity contribution >= 4 is 5.97 Å². The third kappa shape index (κ3) is 2.77. The van der Waals surface area contributed by atoms with Crippen LogP contribution in [0.3, 0.4) is 0 Å². The van der Waals surface area contributed by atoms with Crippen LogP contribution in [0.2, 0.25) is 0 Å². The van der Waals surface area contributed by atoms with Crippen molar-refractivity contribution < 1.29 is 14.3 Å². The maximum Gasteiger partial charge on any atom is 0.340 e. The zero-order chi connectivity index (χ0) is 17.5. The molecule has 2 aliphatic rings. The van der Waals surface area contributed by atoms with Crippen LogP contribution in [0.5, 0.6) is 0 Å². The molecule has 2 fully saturated rings. The fraction of sp³-hybridized carbons (Fsp3) is 0.667. The number of esters is 1. The van der Waals surface area contributed by atoms with Crippen molar-refractivity contribution in [1.29, 1.82) is 0 Å². The van der Waals surface area contributed by atoms with Gasteiger partial charge in [0.1, 0.15) is 6.10 Å². The van der Waals surface area contributed by atoms with Crippen molar-refractivity contribution in [2.24, 2.45) is 16.7 Å². The molecule has 1 aromatic rings. The Balaban J connectivity index is 1.78. The molecule has 2 aliphatic carbocycles. The van der Waals surface area contributed by atoms with Crippen molar-refractivity contribution in [3.8, 4) is 0 Å². The normalized spacial score (nSPS) is 32.1. The maximum absolute atomic E-state index is 12.9. The van der Waals surface area contributed by atoms with E-state index in [4.69, 9.17) is 9.47 Å². The summed E-state index contributed by atoms with van der Waals surface area (Å²) in [7, 11) is 0. The van der Waals surface area contributed by atoms with Gasteiger partial charge in [-0.2, -0.15) is 0 Å². The molecule has 3 heteroatoms. The number of rotatable bonds is 5. The Kier molecular flexibility index (Phi) is 4.50. The second kappa shape index (κ2) is 6.18. The monoisotopic (exact) mass is 330 g/mol. The number of ether oxygens (including phenoxy) is 2. The minimum absolute atomic E-state index is 0.000671. The van der Waals surface area contributed by atoms with Crippen LogP contribution in [0.4, 0.5) is 0 Å². The first-order valence-electron chi connectivity index (χ1n) is 9.16. The molecule has 0 heterocycles. The predicted molar refractivity (Wildman–Crippen MR) is 94.5 cm³/mol. The molecule has 0 amide bonds. The Morgan fingerprint density at radius 1 is 1.17 bits per heavy atom. The molecule has 132 valence electrons. The Morgan fingerprint density at radius 2 is 1.83 bits per heavy atom. The van der Waals surface area contributed by atoms with E-state index in [1.165, 1.54) is 6.42 Å². The second-order valence-electron chi connectivity index (χ2n) is 8.51. The SMILES string of the molecule is CC(C)OC(C(=O)O[C@@H]1C[C@@H]2CC[C@@]1(C)C2(C)C)c1ccccc1. The second-order valence-corrected chi connectivity index (χ2v) is 8.51. The lowest BCUT2D eigenvalue weighted by Crippen LogP contribution is -2.39. The van der Waals surface area contributed by atoms with Gasteiger partial charge in [-0.25, -0.2) is 4.79 Å². The zero-order valence-corrected chi connectivity index (χ0v) is 15.5. The molecule has 0 N–H and O–H groups in total. The van der Waals surface area contributed by atoms with Crippen molar-refractivity contribution in [3.05, 3.63) is 35.9 Å². The fourth-order valence-electron chi connectivity index (χ4n) is 4.68. The smallest absolute Gasteiger partial charge is 0.340 e. The highest BCUT2D eigenvalue weighted by molar-refractivity contribution is 5.77. The van der Waals surface area contributed by atoms with Gasteiger partial charge in [-0.3, -0.25) is 0 Å². The van der Waals surface area contributed by atoms with Gasteiger partial charge in [-0.15, -0.1) is 0 Å². The van der Waals surface area contributed by atoms with E-state index in [9.17, 15) is 4.79 Å². The molecule has 3 rings (SSSR count). The Morgan fingerprint density at radius 3 is 2.33 bits per heavy atom. The summed E-state index contributed by atoms with van der Waals surface area (Å²) >= 11 is 0. The topological polar surface area (TPSA) is 35.5 Å². The third-order valence-corrected chi connectivity index (χ3v) is 6.70. The molecule has 1 aromatic carbocycles. The predicted octanol–water partition coefficient (Wildman–Crippen LogP) is 4.91. The van der Waals surface area contributed by atoms with Crippen LogP contribution < -0.4 is 0 Å². The van der Waals surface area contributed by atoms with Crippen molar-refractivity contribution in [3.63, 3.8) is 0 Å². The highest BCUT2D eigenvalue weighted by Crippen LogP contribution is 2.66. The number of benzene rings is 1. The molecular formula is C21H30O3. The van der Waals surface area contributed by atoms with Crippen molar-refractivity contribution in [1.82, 2.24) is 0 Å². The first-order valence-corrected chi connectivity index (χ1v) is 9.16. The van der Waals surface area contributed by atoms with E-state index in [2.05, 4.69) is 20.8 Å². The summed E-state index contributed by atoms with van der Waals surface area (Å²) in [6, 6.07) is 9.67. The minimum Gasteiger partial charge on any atom is -0.460 e. The molecule has 0 aromatic heterocycles. The zero-order valence-electron chi connectivity index (χ0n) is 15.5. The first kappa shape index (κ1) is 17.5. The highest BCUT2D eigenvalue weighted by atomic mass is 16.6. The largest absolute Gasteiger partial charge is 0.460 e. The van der Waals surface area contributed by atoms with Crippen LogP contribution >= 0.6 is 0 Å². The van der Waals surface area contributed by atoms with Crippen LogP contribution in [0.1, 0.15) is 65.5 Å². The maximum atomic E-state index is 12.9. The molecule has 0 radical (unpaired) electrons. The summed E-state index contributed by atoms with van der Waals surface area (Å²) < 4.78 is 11.9. The Labute approximate surface area is 145 Å². The molecule has 4 atom stereocenters. The summed E-state index contributed by atoms with van der Waals surface area (Å²) in [4.78, 5) is 12.9. The van der Waals surface area contributed by atoms with E-state index in [0.29, 0.717) is 5.92 Å². The average Bonchev–Trinajstić information content (AvgIpc) is 2.86. The Hall–Kier alpha value is -1.35. The van der Waals surface area contributed by atoms with E-state index in [1.807, 2.05) is 44.2 Å². The van der Waals surface area contributed by atoms with Crippen LogP contribution in [-0.2, 0) is 14.3 Å². The van der Waals surface area contributed by atoms with Gasteiger partial charge in [0.15, 0.2) is 6.10 Å². The van der Waals surface area contributed by atoms with E-state index in [-0.39, 0.29) is 29.0 Å². The highest BCUT2D eigenvalue weighted by Gasteiger charge is 2.63. The minimum atomic E-state index is -0.642. The third-order valence-electron chi connectivity index (χ3n) is 6.70. The van der Waals surface area contributed by atoms with E-state index >= 15 is 0 Å². The van der Waals surface area contributed by atoms with Gasteiger partial charge in [-0.1, -0.05) is 51.1 Å². The van der Waals surface area contributed by atoms with Crippen molar-refractivity contribution in [2.75, 3.05) is 0 Å². The van der Waals surface area contributed by atoms with Crippen LogP contribution in [0, 0.1) is 16.7 Å². The lowest BCUT2D eigenvalue weighted by atomic mass is 9.70. The molecule has 0 saturated heterocycles. The molecule has 0 spiro atoms. The molecule has 0 aliphatic heterocycles. The molecule has 2 saturated carbocycles. The summed E-state index contributed by atoms with van der Waals surface area (Å²) in [5.41, 5.74) is 1.18. The van der Waals surface area contributed by atoms with E-state index in [0.717, 1.165) is 18.4 Å². The van der Waals surface area contributed by atoms with Gasteiger partial charge in [0.2, 0.25) is 0 Å². The van der Waals surface area contributed by atoms with Gasteiger partial charge < -0.3 is 9.47 Å². The van der Waals surface area contributed by atoms with Crippen LogP contribution in [0.15, 0.2) is 30.3 Å². The molecule has 24 heavy (non-hydrogen) atoms. The average molecular weight is 330 g/mol. The van der Waals surface area contributed by atoms with Gasteiger partial charge in [0.05, 0.1) is 6.10 Å². The number of carbonyl (C=O) groups excluding carboxylic acids is 1. The molecule has 1 unspecified atom stereocenters. The van der Waals surface area contributed by atoms with Crippen LogP contribution in [0.25, 0.3) is 0 Å². The standard InChI is InChI=1S/C21H30O3/c1-14(2)23-18(15-9-7-6-8-10-15)19(22)24-17-13-16-11-12-21(17,5)20(16,3)4/h6-10,14,16-18H,11-13H2,1-5H3/t16-,17+,18?,21+/m0/s1. The summed E-state index contributed by atoms with van der Waals surface area (Å²) in [5.74, 6) is 0.408. The fourth-order valence-corrected chi connectivity index (χ4v) is 4.68. The van der Waals surface area contributed by atoms with Gasteiger partial charge in [0, 0.05) is 5.41 Å². The van der Waals surface area contributed by atoms with Crippen LogP contribution in [-0.4, -0.2) is 18.2 Å². The number of hydrogen-bond acceptors (Lipinski definition) is 3. The summed E-state index contributed by atoms with van der Waals surface area (Å²) in [6.07, 6.45) is 2.71. The Bertz CT molecular complexity index is 592. The quantitative estimate of drug-likeness (QED) is 0.720. The van der Waals surface area contributed by atoms with Crippen molar-refractivity contribution in [2.45, 2.75) is 72.2 Å². The number of hydrogen-bond donors (Lipinski definition) is 0. The molecule has 3 nitrogen and oxygen atoms in total.